The van der Waals surface area contributed by atoms with E-state index in [-0.39, 0.29) is 17.7 Å². The standard InChI is InChI=1S/C31H34N4O5/c1-38-25-17-24-27(29(33-25)39-2)30(36)28(34-37)23(19-35-15-7-4-8-16-35)26(21-9-5-3-6-10-21)31(30,40-24)22-13-11-20(18-32)12-14-22/h3,5-6,9-14,17,23,26,28,34,36-37H,4,7-8,15-16,19H2,1-2H3/t23-,26-,28-,30+,31+/m1/s1. The van der Waals surface area contributed by atoms with Gasteiger partial charge in [0.25, 0.3) is 0 Å². The Morgan fingerprint density at radius 2 is 1.80 bits per heavy atom. The third-order valence-electron chi connectivity index (χ3n) is 8.95. The number of hydroxylamine groups is 1. The van der Waals surface area contributed by atoms with E-state index in [1.807, 2.05) is 42.5 Å². The second-order valence-electron chi connectivity index (χ2n) is 10.9. The van der Waals surface area contributed by atoms with E-state index in [0.717, 1.165) is 31.5 Å². The normalized spacial score (nSPS) is 29.2. The van der Waals surface area contributed by atoms with Gasteiger partial charge in [0.2, 0.25) is 11.8 Å². The molecule has 9 heteroatoms. The van der Waals surface area contributed by atoms with Gasteiger partial charge in [-0.25, -0.2) is 0 Å². The minimum Gasteiger partial charge on any atom is -0.481 e. The molecule has 1 saturated heterocycles. The molecule has 9 nitrogen and oxygen atoms in total. The molecule has 6 rings (SSSR count). The van der Waals surface area contributed by atoms with Gasteiger partial charge in [-0.05, 0) is 49.2 Å². The van der Waals surface area contributed by atoms with Crippen molar-refractivity contribution in [1.29, 1.82) is 5.26 Å². The van der Waals surface area contributed by atoms with Crippen molar-refractivity contribution in [2.75, 3.05) is 33.9 Å². The van der Waals surface area contributed by atoms with Crippen molar-refractivity contribution in [2.45, 2.75) is 42.4 Å². The molecule has 3 heterocycles. The maximum atomic E-state index is 13.2. The molecule has 2 aliphatic heterocycles. The Balaban J connectivity index is 1.65. The van der Waals surface area contributed by atoms with Gasteiger partial charge in [-0.15, -0.1) is 0 Å². The zero-order valence-corrected chi connectivity index (χ0v) is 22.7. The number of aliphatic hydroxyl groups is 1. The molecule has 2 fully saturated rings. The highest BCUT2D eigenvalue weighted by molar-refractivity contribution is 5.60. The predicted octanol–water partition coefficient (Wildman–Crippen LogP) is 3.69. The van der Waals surface area contributed by atoms with Gasteiger partial charge in [-0.1, -0.05) is 48.9 Å². The van der Waals surface area contributed by atoms with Crippen LogP contribution in [0.5, 0.6) is 17.5 Å². The molecule has 3 aliphatic rings. The number of aromatic nitrogens is 1. The van der Waals surface area contributed by atoms with Crippen LogP contribution >= 0.6 is 0 Å². The van der Waals surface area contributed by atoms with Crippen LogP contribution in [0.3, 0.4) is 0 Å². The number of pyridine rings is 1. The van der Waals surface area contributed by atoms with Gasteiger partial charge in [0.1, 0.15) is 5.75 Å². The summed E-state index contributed by atoms with van der Waals surface area (Å²) in [6.45, 7) is 2.55. The Morgan fingerprint density at radius 3 is 2.42 bits per heavy atom. The van der Waals surface area contributed by atoms with E-state index in [4.69, 9.17) is 14.2 Å². The highest BCUT2D eigenvalue weighted by atomic mass is 16.5. The van der Waals surface area contributed by atoms with E-state index in [1.165, 1.54) is 20.6 Å². The molecule has 1 aliphatic carbocycles. The third kappa shape index (κ3) is 3.79. The van der Waals surface area contributed by atoms with Gasteiger partial charge in [-0.3, -0.25) is 0 Å². The Hall–Kier alpha value is -3.68. The lowest BCUT2D eigenvalue weighted by Gasteiger charge is -2.41. The van der Waals surface area contributed by atoms with Crippen molar-refractivity contribution in [1.82, 2.24) is 15.4 Å². The summed E-state index contributed by atoms with van der Waals surface area (Å²) < 4.78 is 18.1. The number of ether oxygens (including phenoxy) is 3. The Labute approximate surface area is 233 Å². The fraction of sp³-hybridized carbons (Fsp3) is 0.419. The number of fused-ring (bicyclic) bond motifs is 3. The largest absolute Gasteiger partial charge is 0.481 e. The Morgan fingerprint density at radius 1 is 1.07 bits per heavy atom. The molecule has 3 N–H and O–H groups in total. The number of benzene rings is 2. The lowest BCUT2D eigenvalue weighted by atomic mass is 9.70. The lowest BCUT2D eigenvalue weighted by molar-refractivity contribution is -0.132. The summed E-state index contributed by atoms with van der Waals surface area (Å²) in [5, 5.41) is 33.6. The maximum Gasteiger partial charge on any atom is 0.226 e. The number of hydrogen-bond donors (Lipinski definition) is 3. The number of rotatable bonds is 7. The fourth-order valence-electron chi connectivity index (χ4n) is 7.32. The van der Waals surface area contributed by atoms with E-state index in [0.29, 0.717) is 29.0 Å². The summed E-state index contributed by atoms with van der Waals surface area (Å²) in [5.74, 6) is 0.141. The highest BCUT2D eigenvalue weighted by Gasteiger charge is 2.77. The topological polar surface area (TPSA) is 120 Å². The molecule has 0 bridgehead atoms. The van der Waals surface area contributed by atoms with Crippen molar-refractivity contribution in [3.63, 3.8) is 0 Å². The van der Waals surface area contributed by atoms with Crippen LogP contribution in [0.4, 0.5) is 0 Å². The van der Waals surface area contributed by atoms with Crippen LogP contribution in [0.1, 0.15) is 47.4 Å². The molecule has 1 saturated carbocycles. The highest BCUT2D eigenvalue weighted by Crippen LogP contribution is 2.69. The molecular formula is C31H34N4O5. The second-order valence-corrected chi connectivity index (χ2v) is 10.9. The number of hydrogen-bond acceptors (Lipinski definition) is 9. The van der Waals surface area contributed by atoms with E-state index in [9.17, 15) is 15.6 Å². The number of methoxy groups -OCH3 is 2. The first-order chi connectivity index (χ1) is 19.5. The average Bonchev–Trinajstić information content (AvgIpc) is 3.38. The lowest BCUT2D eigenvalue weighted by Crippen LogP contribution is -2.56. The summed E-state index contributed by atoms with van der Waals surface area (Å²) >= 11 is 0. The first-order valence-corrected chi connectivity index (χ1v) is 13.7. The summed E-state index contributed by atoms with van der Waals surface area (Å²) in [5.41, 5.74) is 1.83. The summed E-state index contributed by atoms with van der Waals surface area (Å²) in [4.78, 5) is 6.91. The third-order valence-corrected chi connectivity index (χ3v) is 8.95. The van der Waals surface area contributed by atoms with Gasteiger partial charge in [0.05, 0.1) is 37.5 Å². The van der Waals surface area contributed by atoms with Crippen molar-refractivity contribution in [3.8, 4) is 23.6 Å². The quantitative estimate of drug-likeness (QED) is 0.384. The van der Waals surface area contributed by atoms with Crippen LogP contribution in [0, 0.1) is 17.2 Å². The number of piperidine rings is 1. The minimum atomic E-state index is -1.81. The molecule has 208 valence electrons. The molecular weight excluding hydrogens is 508 g/mol. The molecule has 5 atom stereocenters. The smallest absolute Gasteiger partial charge is 0.226 e. The van der Waals surface area contributed by atoms with Crippen LogP contribution in [-0.4, -0.2) is 60.1 Å². The zero-order valence-electron chi connectivity index (χ0n) is 22.7. The van der Waals surface area contributed by atoms with Gasteiger partial charge < -0.3 is 29.4 Å². The van der Waals surface area contributed by atoms with Gasteiger partial charge in [-0.2, -0.15) is 15.7 Å². The van der Waals surface area contributed by atoms with Crippen molar-refractivity contribution in [2.24, 2.45) is 5.92 Å². The molecule has 40 heavy (non-hydrogen) atoms. The predicted molar refractivity (Wildman–Crippen MR) is 146 cm³/mol. The first kappa shape index (κ1) is 26.5. The first-order valence-electron chi connectivity index (χ1n) is 13.7. The van der Waals surface area contributed by atoms with E-state index in [1.54, 1.807) is 18.2 Å². The van der Waals surface area contributed by atoms with E-state index < -0.39 is 23.2 Å². The van der Waals surface area contributed by atoms with Crippen molar-refractivity contribution in [3.05, 3.63) is 82.9 Å². The van der Waals surface area contributed by atoms with Gasteiger partial charge in [0, 0.05) is 24.4 Å². The molecule has 2 aromatic carbocycles. The van der Waals surface area contributed by atoms with E-state index in [2.05, 4.69) is 21.4 Å². The van der Waals surface area contributed by atoms with Crippen molar-refractivity contribution >= 4 is 0 Å². The summed E-state index contributed by atoms with van der Waals surface area (Å²) in [6.07, 6.45) is 3.43. The molecule has 0 unspecified atom stereocenters. The summed E-state index contributed by atoms with van der Waals surface area (Å²) in [6, 6.07) is 20.1. The summed E-state index contributed by atoms with van der Waals surface area (Å²) in [7, 11) is 3.00. The molecule has 0 spiro atoms. The molecule has 3 aromatic rings. The second kappa shape index (κ2) is 10.4. The van der Waals surface area contributed by atoms with Crippen molar-refractivity contribution < 1.29 is 24.5 Å². The fourth-order valence-corrected chi connectivity index (χ4v) is 7.32. The number of nitrogens with one attached hydrogen (secondary N) is 1. The zero-order chi connectivity index (χ0) is 27.9. The molecule has 0 amide bonds. The van der Waals surface area contributed by atoms with Crippen LogP contribution in [0.15, 0.2) is 60.7 Å². The molecule has 1 aromatic heterocycles. The number of nitrogens with zero attached hydrogens (tertiary/aromatic N) is 3. The van der Waals surface area contributed by atoms with Gasteiger partial charge in [0.15, 0.2) is 11.2 Å². The SMILES string of the molecule is COc1cc2c(c(OC)n1)[C@]1(O)[C@H](NO)[C@H](CN3CCCCC3)[C@@H](c3ccccc3)[C@]1(c1ccc(C#N)cc1)O2. The van der Waals surface area contributed by atoms with E-state index >= 15 is 0 Å². The molecule has 0 radical (unpaired) electrons. The number of likely N-dealkylation sites (tertiary alicyclic amines) is 1. The average molecular weight is 543 g/mol. The van der Waals surface area contributed by atoms with Crippen LogP contribution in [0.2, 0.25) is 0 Å². The van der Waals surface area contributed by atoms with Crippen LogP contribution < -0.4 is 19.7 Å². The van der Waals surface area contributed by atoms with Gasteiger partial charge >= 0.3 is 0 Å². The minimum absolute atomic E-state index is 0.165. The number of nitriles is 1. The monoisotopic (exact) mass is 542 g/mol. The van der Waals surface area contributed by atoms with Crippen LogP contribution in [0.25, 0.3) is 0 Å². The Kier molecular flexibility index (Phi) is 6.88. The Bertz CT molecular complexity index is 1410. The van der Waals surface area contributed by atoms with Crippen LogP contribution in [-0.2, 0) is 11.2 Å². The maximum absolute atomic E-state index is 13.2.